The van der Waals surface area contributed by atoms with Crippen molar-refractivity contribution in [2.75, 3.05) is 19.5 Å². The van der Waals surface area contributed by atoms with Gasteiger partial charge in [0.25, 0.3) is 0 Å². The molecule has 1 saturated carbocycles. The van der Waals surface area contributed by atoms with Crippen LogP contribution in [0.25, 0.3) is 0 Å². The summed E-state index contributed by atoms with van der Waals surface area (Å²) in [6.45, 7) is 0. The van der Waals surface area contributed by atoms with Crippen molar-refractivity contribution in [1.82, 2.24) is 0 Å². The van der Waals surface area contributed by atoms with Crippen molar-refractivity contribution < 1.29 is 19.4 Å². The molecule has 0 bridgehead atoms. The third-order valence-corrected chi connectivity index (χ3v) is 5.77. The monoisotopic (exact) mass is 364 g/mol. The van der Waals surface area contributed by atoms with Gasteiger partial charge in [-0.05, 0) is 24.5 Å². The van der Waals surface area contributed by atoms with Crippen LogP contribution in [-0.4, -0.2) is 36.5 Å². The number of carbonyl (C=O) groups is 1. The Labute approximate surface area is 152 Å². The van der Waals surface area contributed by atoms with Gasteiger partial charge < -0.3 is 19.9 Å². The SMILES string of the molecule is COc1cc2c(cc1OC)C(CC(=O)O)SC(=NC1CCCCC1)N2. The van der Waals surface area contributed by atoms with Crippen LogP contribution < -0.4 is 14.8 Å². The summed E-state index contributed by atoms with van der Waals surface area (Å²) in [5.74, 6) is 0.399. The van der Waals surface area contributed by atoms with Crippen LogP contribution in [0.5, 0.6) is 11.5 Å². The van der Waals surface area contributed by atoms with Crippen molar-refractivity contribution in [1.29, 1.82) is 0 Å². The zero-order chi connectivity index (χ0) is 17.8. The van der Waals surface area contributed by atoms with E-state index in [0.29, 0.717) is 17.5 Å². The van der Waals surface area contributed by atoms with E-state index in [1.165, 1.54) is 31.0 Å². The van der Waals surface area contributed by atoms with E-state index in [1.54, 1.807) is 14.2 Å². The molecule has 1 unspecified atom stereocenters. The molecule has 0 aromatic heterocycles. The molecule has 0 amide bonds. The number of hydrogen-bond donors (Lipinski definition) is 2. The van der Waals surface area contributed by atoms with Gasteiger partial charge in [-0.25, -0.2) is 0 Å². The molecule has 1 atom stereocenters. The number of carboxylic acid groups (broad SMARTS) is 1. The van der Waals surface area contributed by atoms with E-state index in [1.807, 2.05) is 12.1 Å². The number of hydrogen-bond acceptors (Lipinski definition) is 5. The molecule has 1 aliphatic heterocycles. The smallest absolute Gasteiger partial charge is 0.304 e. The average molecular weight is 364 g/mol. The molecule has 2 N–H and O–H groups in total. The Hall–Kier alpha value is -1.89. The summed E-state index contributed by atoms with van der Waals surface area (Å²) in [7, 11) is 3.17. The lowest BCUT2D eigenvalue weighted by molar-refractivity contribution is -0.137. The highest BCUT2D eigenvalue weighted by molar-refractivity contribution is 8.14. The second kappa shape index (κ2) is 7.99. The molecule has 3 rings (SSSR count). The number of nitrogens with zero attached hydrogens (tertiary/aromatic N) is 1. The Morgan fingerprint density at radius 3 is 2.56 bits per heavy atom. The topological polar surface area (TPSA) is 80.2 Å². The molecule has 0 spiro atoms. The summed E-state index contributed by atoms with van der Waals surface area (Å²) in [4.78, 5) is 16.2. The Balaban J connectivity index is 1.93. The Kier molecular flexibility index (Phi) is 5.73. The van der Waals surface area contributed by atoms with Gasteiger partial charge in [-0.15, -0.1) is 0 Å². The summed E-state index contributed by atoms with van der Waals surface area (Å²) in [6, 6.07) is 4.05. The van der Waals surface area contributed by atoms with E-state index < -0.39 is 5.97 Å². The number of fused-ring (bicyclic) bond motifs is 1. The van der Waals surface area contributed by atoms with E-state index in [0.717, 1.165) is 29.3 Å². The lowest BCUT2D eigenvalue weighted by atomic mass is 9.96. The fourth-order valence-corrected chi connectivity index (χ4v) is 4.56. The van der Waals surface area contributed by atoms with E-state index in [-0.39, 0.29) is 11.7 Å². The third kappa shape index (κ3) is 4.21. The Bertz CT molecular complexity index is 671. The number of carboxylic acids is 1. The third-order valence-electron chi connectivity index (χ3n) is 4.63. The molecule has 1 aromatic rings. The maximum absolute atomic E-state index is 11.3. The van der Waals surface area contributed by atoms with Crippen molar-refractivity contribution in [3.05, 3.63) is 17.7 Å². The molecule has 7 heteroatoms. The second-order valence-corrected chi connectivity index (χ2v) is 7.54. The molecular weight excluding hydrogens is 340 g/mol. The van der Waals surface area contributed by atoms with Crippen molar-refractivity contribution in [2.45, 2.75) is 49.8 Å². The summed E-state index contributed by atoms with van der Waals surface area (Å²) in [5, 5.41) is 13.3. The summed E-state index contributed by atoms with van der Waals surface area (Å²) in [6.07, 6.45) is 5.96. The van der Waals surface area contributed by atoms with E-state index in [2.05, 4.69) is 5.32 Å². The van der Waals surface area contributed by atoms with Gasteiger partial charge in [0.1, 0.15) is 0 Å². The Morgan fingerprint density at radius 1 is 1.24 bits per heavy atom. The van der Waals surface area contributed by atoms with Crippen molar-refractivity contribution in [3.63, 3.8) is 0 Å². The minimum absolute atomic E-state index is 0.0402. The van der Waals surface area contributed by atoms with Gasteiger partial charge in [0.05, 0.1) is 31.9 Å². The number of amidine groups is 1. The maximum atomic E-state index is 11.3. The van der Waals surface area contributed by atoms with Crippen LogP contribution in [0.2, 0.25) is 0 Å². The van der Waals surface area contributed by atoms with Crippen LogP contribution in [0, 0.1) is 0 Å². The molecule has 0 saturated heterocycles. The van der Waals surface area contributed by atoms with Crippen molar-refractivity contribution in [2.24, 2.45) is 4.99 Å². The maximum Gasteiger partial charge on any atom is 0.304 e. The number of anilines is 1. The largest absolute Gasteiger partial charge is 0.493 e. The lowest BCUT2D eigenvalue weighted by Crippen LogP contribution is -2.23. The normalized spacial score (nSPS) is 22.2. The zero-order valence-corrected chi connectivity index (χ0v) is 15.4. The predicted octanol–water partition coefficient (Wildman–Crippen LogP) is 4.07. The number of methoxy groups -OCH3 is 2. The van der Waals surface area contributed by atoms with Gasteiger partial charge in [0, 0.05) is 11.8 Å². The number of nitrogens with one attached hydrogen (secondary N) is 1. The summed E-state index contributed by atoms with van der Waals surface area (Å²) < 4.78 is 10.7. The van der Waals surface area contributed by atoms with E-state index in [9.17, 15) is 9.90 Å². The molecule has 1 fully saturated rings. The van der Waals surface area contributed by atoms with Crippen LogP contribution in [0.4, 0.5) is 5.69 Å². The Morgan fingerprint density at radius 2 is 1.92 bits per heavy atom. The van der Waals surface area contributed by atoms with E-state index >= 15 is 0 Å². The standard InChI is InChI=1S/C18H24N2O4S/c1-23-14-8-12-13(9-15(14)24-2)20-18(25-16(12)10-17(21)22)19-11-6-4-3-5-7-11/h8-9,11,16H,3-7,10H2,1-2H3,(H,19,20)(H,21,22). The van der Waals surface area contributed by atoms with Gasteiger partial charge in [-0.1, -0.05) is 31.0 Å². The second-order valence-electron chi connectivity index (χ2n) is 6.35. The minimum Gasteiger partial charge on any atom is -0.493 e. The highest BCUT2D eigenvalue weighted by Crippen LogP contribution is 2.46. The first kappa shape index (κ1) is 17.9. The van der Waals surface area contributed by atoms with Gasteiger partial charge in [0.2, 0.25) is 0 Å². The first-order chi connectivity index (χ1) is 12.1. The van der Waals surface area contributed by atoms with Gasteiger partial charge in [-0.2, -0.15) is 0 Å². The number of benzene rings is 1. The molecular formula is C18H24N2O4S. The van der Waals surface area contributed by atoms with E-state index in [4.69, 9.17) is 14.5 Å². The number of aliphatic imine (C=N–C) groups is 1. The highest BCUT2D eigenvalue weighted by Gasteiger charge is 2.29. The fourth-order valence-electron chi connectivity index (χ4n) is 3.36. The fraction of sp³-hybridized carbons (Fsp3) is 0.556. The molecule has 1 aromatic carbocycles. The van der Waals surface area contributed by atoms with Gasteiger partial charge in [-0.3, -0.25) is 9.79 Å². The van der Waals surface area contributed by atoms with Gasteiger partial charge in [0.15, 0.2) is 16.7 Å². The minimum atomic E-state index is -0.822. The molecule has 6 nitrogen and oxygen atoms in total. The zero-order valence-electron chi connectivity index (χ0n) is 14.6. The van der Waals surface area contributed by atoms with Crippen LogP contribution in [0.1, 0.15) is 49.3 Å². The first-order valence-electron chi connectivity index (χ1n) is 8.60. The van der Waals surface area contributed by atoms with Crippen molar-refractivity contribution >= 4 is 28.6 Å². The number of ether oxygens (including phenoxy) is 2. The highest BCUT2D eigenvalue weighted by atomic mass is 32.2. The predicted molar refractivity (Wildman–Crippen MR) is 100 cm³/mol. The van der Waals surface area contributed by atoms with Crippen LogP contribution in [0.3, 0.4) is 0 Å². The lowest BCUT2D eigenvalue weighted by Gasteiger charge is -2.29. The number of rotatable bonds is 5. The van der Waals surface area contributed by atoms with Crippen LogP contribution in [0.15, 0.2) is 17.1 Å². The summed E-state index contributed by atoms with van der Waals surface area (Å²) >= 11 is 1.49. The first-order valence-corrected chi connectivity index (χ1v) is 9.48. The van der Waals surface area contributed by atoms with Crippen LogP contribution in [-0.2, 0) is 4.79 Å². The molecule has 1 aliphatic carbocycles. The number of aliphatic carboxylic acids is 1. The molecule has 0 radical (unpaired) electrons. The molecule has 2 aliphatic rings. The molecule has 1 heterocycles. The number of thioether (sulfide) groups is 1. The average Bonchev–Trinajstić information content (AvgIpc) is 2.61. The molecule has 25 heavy (non-hydrogen) atoms. The quantitative estimate of drug-likeness (QED) is 0.820. The van der Waals surface area contributed by atoms with Gasteiger partial charge >= 0.3 is 5.97 Å². The van der Waals surface area contributed by atoms with Crippen LogP contribution >= 0.6 is 11.8 Å². The van der Waals surface area contributed by atoms with Crippen molar-refractivity contribution in [3.8, 4) is 11.5 Å². The molecule has 136 valence electrons. The summed E-state index contributed by atoms with van der Waals surface area (Å²) in [5.41, 5.74) is 1.75.